The second kappa shape index (κ2) is 5.50. The fourth-order valence-corrected chi connectivity index (χ4v) is 5.98. The molecule has 0 saturated heterocycles. The summed E-state index contributed by atoms with van der Waals surface area (Å²) in [4.78, 5) is 11.8. The van der Waals surface area contributed by atoms with E-state index in [0.717, 1.165) is 16.3 Å². The van der Waals surface area contributed by atoms with Crippen LogP contribution >= 0.6 is 11.6 Å². The van der Waals surface area contributed by atoms with Gasteiger partial charge in [0.05, 0.1) is 17.3 Å². The number of para-hydroxylation sites is 1. The first-order valence-corrected chi connectivity index (χ1v) is 9.40. The van der Waals surface area contributed by atoms with E-state index < -0.39 is 5.97 Å². The van der Waals surface area contributed by atoms with E-state index in [4.69, 9.17) is 11.6 Å². The average molecular weight is 354 g/mol. The van der Waals surface area contributed by atoms with E-state index in [1.807, 2.05) is 24.3 Å². The van der Waals surface area contributed by atoms with Crippen LogP contribution in [0, 0.1) is 17.8 Å². The Morgan fingerprint density at radius 3 is 2.60 bits per heavy atom. The fraction of sp³-hybridized carbons (Fsp3) is 0.381. The van der Waals surface area contributed by atoms with Crippen LogP contribution in [-0.2, 0) is 0 Å². The van der Waals surface area contributed by atoms with Crippen LogP contribution < -0.4 is 5.32 Å². The lowest BCUT2D eigenvalue weighted by Crippen LogP contribution is -2.36. The molecule has 5 atom stereocenters. The highest BCUT2D eigenvalue weighted by atomic mass is 35.5. The third-order valence-electron chi connectivity index (χ3n) is 6.59. The maximum Gasteiger partial charge on any atom is 0.337 e. The summed E-state index contributed by atoms with van der Waals surface area (Å²) < 4.78 is 0. The lowest BCUT2D eigenvalue weighted by atomic mass is 9.67. The Morgan fingerprint density at radius 1 is 1.04 bits per heavy atom. The third kappa shape index (κ3) is 2.15. The molecule has 0 amide bonds. The molecule has 2 fully saturated rings. The SMILES string of the molecule is O=C(O)c1cccc2c1N[C@@H](c1ccccc1Cl)[C@H]1[C@@H]3CC[C@@H](C3)[C@H]21. The highest BCUT2D eigenvalue weighted by Gasteiger charge is 2.54. The Hall–Kier alpha value is -2.00. The van der Waals surface area contributed by atoms with Crippen molar-refractivity contribution >= 4 is 23.3 Å². The molecule has 2 bridgehead atoms. The van der Waals surface area contributed by atoms with Gasteiger partial charge in [0.15, 0.2) is 0 Å². The number of nitrogens with one attached hydrogen (secondary N) is 1. The van der Waals surface area contributed by atoms with Crippen molar-refractivity contribution in [3.8, 4) is 0 Å². The quantitative estimate of drug-likeness (QED) is 0.766. The largest absolute Gasteiger partial charge is 0.478 e. The number of carboxylic acid groups (broad SMARTS) is 1. The normalized spacial score (nSPS) is 32.0. The number of carboxylic acids is 1. The second-order valence-electron chi connectivity index (χ2n) is 7.65. The molecular weight excluding hydrogens is 334 g/mol. The smallest absolute Gasteiger partial charge is 0.337 e. The zero-order chi connectivity index (χ0) is 17.1. The van der Waals surface area contributed by atoms with Gasteiger partial charge in [-0.15, -0.1) is 0 Å². The number of benzene rings is 2. The summed E-state index contributed by atoms with van der Waals surface area (Å²) in [6.45, 7) is 0. The van der Waals surface area contributed by atoms with Crippen LogP contribution in [0.5, 0.6) is 0 Å². The molecule has 128 valence electrons. The predicted molar refractivity (Wildman–Crippen MR) is 98.3 cm³/mol. The summed E-state index contributed by atoms with van der Waals surface area (Å²) in [5.41, 5.74) is 3.46. The standard InChI is InChI=1S/C21H20ClNO2/c22-16-7-2-1-4-13(16)20-18-12-9-8-11(10-12)17(18)14-5-3-6-15(21(24)25)19(14)23-20/h1-7,11-12,17-18,20,23H,8-10H2,(H,24,25)/t11-,12+,17+,18-,20-/m0/s1. The van der Waals surface area contributed by atoms with E-state index in [0.29, 0.717) is 29.2 Å². The zero-order valence-corrected chi connectivity index (χ0v) is 14.5. The maximum absolute atomic E-state index is 11.8. The van der Waals surface area contributed by atoms with Crippen LogP contribution in [0.15, 0.2) is 42.5 Å². The lowest BCUT2D eigenvalue weighted by molar-refractivity contribution is 0.0697. The van der Waals surface area contributed by atoms with E-state index in [1.165, 1.54) is 24.8 Å². The molecule has 1 heterocycles. The van der Waals surface area contributed by atoms with E-state index in [-0.39, 0.29) is 6.04 Å². The number of hydrogen-bond acceptors (Lipinski definition) is 2. The van der Waals surface area contributed by atoms with Crippen LogP contribution in [0.25, 0.3) is 0 Å². The summed E-state index contributed by atoms with van der Waals surface area (Å²) in [6, 6.07) is 13.8. The van der Waals surface area contributed by atoms with Crippen molar-refractivity contribution in [2.75, 3.05) is 5.32 Å². The molecule has 0 radical (unpaired) electrons. The Balaban J connectivity index is 1.70. The van der Waals surface area contributed by atoms with Crippen molar-refractivity contribution in [2.24, 2.45) is 17.8 Å². The summed E-state index contributed by atoms with van der Waals surface area (Å²) in [5.74, 6) is 1.44. The van der Waals surface area contributed by atoms with Gasteiger partial charge in [-0.1, -0.05) is 41.9 Å². The van der Waals surface area contributed by atoms with Gasteiger partial charge in [-0.05, 0) is 66.2 Å². The molecule has 2 saturated carbocycles. The monoisotopic (exact) mass is 353 g/mol. The van der Waals surface area contributed by atoms with Crippen molar-refractivity contribution < 1.29 is 9.90 Å². The minimum absolute atomic E-state index is 0.0852. The Morgan fingerprint density at radius 2 is 1.80 bits per heavy atom. The minimum atomic E-state index is -0.871. The van der Waals surface area contributed by atoms with Gasteiger partial charge < -0.3 is 10.4 Å². The number of anilines is 1. The molecule has 4 heteroatoms. The van der Waals surface area contributed by atoms with Crippen LogP contribution in [-0.4, -0.2) is 11.1 Å². The van der Waals surface area contributed by atoms with Gasteiger partial charge in [0.2, 0.25) is 0 Å². The van der Waals surface area contributed by atoms with Gasteiger partial charge in [-0.25, -0.2) is 4.79 Å². The zero-order valence-electron chi connectivity index (χ0n) is 13.8. The van der Waals surface area contributed by atoms with Crippen LogP contribution in [0.3, 0.4) is 0 Å². The predicted octanol–water partition coefficient (Wildman–Crippen LogP) is 5.33. The molecule has 2 aromatic rings. The van der Waals surface area contributed by atoms with Gasteiger partial charge in [-0.3, -0.25) is 0 Å². The molecule has 0 unspecified atom stereocenters. The number of aromatic carboxylic acids is 1. The van der Waals surface area contributed by atoms with Crippen molar-refractivity contribution in [3.05, 3.63) is 64.2 Å². The topological polar surface area (TPSA) is 49.3 Å². The van der Waals surface area contributed by atoms with E-state index in [1.54, 1.807) is 6.07 Å². The molecule has 0 aromatic heterocycles. The highest BCUT2D eigenvalue weighted by Crippen LogP contribution is 2.64. The average Bonchev–Trinajstić information content (AvgIpc) is 3.23. The number of fused-ring (bicyclic) bond motifs is 7. The van der Waals surface area contributed by atoms with Gasteiger partial charge in [-0.2, -0.15) is 0 Å². The summed E-state index contributed by atoms with van der Waals surface area (Å²) >= 11 is 6.52. The minimum Gasteiger partial charge on any atom is -0.478 e. The van der Waals surface area contributed by atoms with Gasteiger partial charge >= 0.3 is 5.97 Å². The third-order valence-corrected chi connectivity index (χ3v) is 6.94. The maximum atomic E-state index is 11.8. The summed E-state index contributed by atoms with van der Waals surface area (Å²) in [5, 5.41) is 14.0. The van der Waals surface area contributed by atoms with Crippen LogP contribution in [0.2, 0.25) is 5.02 Å². The van der Waals surface area contributed by atoms with Gasteiger partial charge in [0.25, 0.3) is 0 Å². The lowest BCUT2D eigenvalue weighted by Gasteiger charge is -2.44. The number of halogens is 1. The highest BCUT2D eigenvalue weighted by molar-refractivity contribution is 6.31. The summed E-state index contributed by atoms with van der Waals surface area (Å²) in [7, 11) is 0. The number of hydrogen-bond donors (Lipinski definition) is 2. The molecule has 3 nitrogen and oxygen atoms in total. The second-order valence-corrected chi connectivity index (χ2v) is 8.06. The summed E-state index contributed by atoms with van der Waals surface area (Å²) in [6.07, 6.45) is 3.80. The molecule has 2 N–H and O–H groups in total. The molecule has 3 aliphatic rings. The first-order chi connectivity index (χ1) is 12.1. The Labute approximate surface area is 152 Å². The van der Waals surface area contributed by atoms with E-state index >= 15 is 0 Å². The Kier molecular flexibility index (Phi) is 3.36. The van der Waals surface area contributed by atoms with Crippen molar-refractivity contribution in [2.45, 2.75) is 31.2 Å². The number of rotatable bonds is 2. The first kappa shape index (κ1) is 15.3. The van der Waals surface area contributed by atoms with Crippen LogP contribution in [0.1, 0.15) is 52.7 Å². The Bertz CT molecular complexity index is 865. The number of carbonyl (C=O) groups is 1. The van der Waals surface area contributed by atoms with E-state index in [9.17, 15) is 9.90 Å². The molecule has 5 rings (SSSR count). The van der Waals surface area contributed by atoms with Crippen molar-refractivity contribution in [3.63, 3.8) is 0 Å². The first-order valence-electron chi connectivity index (χ1n) is 9.02. The molecule has 2 aromatic carbocycles. The van der Waals surface area contributed by atoms with Gasteiger partial charge in [0, 0.05) is 5.02 Å². The van der Waals surface area contributed by atoms with Crippen molar-refractivity contribution in [1.29, 1.82) is 0 Å². The van der Waals surface area contributed by atoms with E-state index in [2.05, 4.69) is 17.4 Å². The van der Waals surface area contributed by atoms with Crippen molar-refractivity contribution in [1.82, 2.24) is 0 Å². The fourth-order valence-electron chi connectivity index (χ4n) is 5.73. The molecule has 25 heavy (non-hydrogen) atoms. The van der Waals surface area contributed by atoms with Crippen LogP contribution in [0.4, 0.5) is 5.69 Å². The molecule has 1 aliphatic heterocycles. The van der Waals surface area contributed by atoms with Gasteiger partial charge in [0.1, 0.15) is 0 Å². The molecule has 2 aliphatic carbocycles. The molecular formula is C21H20ClNO2. The molecule has 0 spiro atoms.